The highest BCUT2D eigenvalue weighted by atomic mass is 32.2. The lowest BCUT2D eigenvalue weighted by Gasteiger charge is -2.14. The Morgan fingerprint density at radius 1 is 1.00 bits per heavy atom. The molecule has 0 fully saturated rings. The number of benzene rings is 3. The number of ether oxygens (including phenoxy) is 1. The van der Waals surface area contributed by atoms with E-state index in [0.717, 1.165) is 28.7 Å². The van der Waals surface area contributed by atoms with Crippen molar-refractivity contribution in [2.45, 2.75) is 18.2 Å². The Kier molecular flexibility index (Phi) is 7.36. The molecule has 0 saturated carbocycles. The summed E-state index contributed by atoms with van der Waals surface area (Å²) >= 11 is 0.993. The summed E-state index contributed by atoms with van der Waals surface area (Å²) in [5.74, 6) is -0.310. The molecule has 0 spiro atoms. The fourth-order valence-corrected chi connectivity index (χ4v) is 4.02. The zero-order chi connectivity index (χ0) is 23.9. The van der Waals surface area contributed by atoms with Gasteiger partial charge in [0.05, 0.1) is 12.8 Å². The van der Waals surface area contributed by atoms with E-state index in [1.54, 1.807) is 4.57 Å². The van der Waals surface area contributed by atoms with E-state index >= 15 is 0 Å². The number of nitrogens with one attached hydrogen (secondary N) is 1. The molecule has 0 aliphatic carbocycles. The van der Waals surface area contributed by atoms with E-state index in [-0.39, 0.29) is 5.04 Å². The van der Waals surface area contributed by atoms with Crippen molar-refractivity contribution in [1.29, 1.82) is 0 Å². The van der Waals surface area contributed by atoms with E-state index in [9.17, 15) is 9.90 Å². The van der Waals surface area contributed by atoms with Crippen LogP contribution in [0.3, 0.4) is 0 Å². The van der Waals surface area contributed by atoms with Crippen LogP contribution in [0.5, 0.6) is 0 Å². The van der Waals surface area contributed by atoms with Crippen LogP contribution < -0.4 is 5.43 Å². The number of hydrogen-bond acceptors (Lipinski definition) is 8. The molecule has 8 nitrogen and oxygen atoms in total. The summed E-state index contributed by atoms with van der Waals surface area (Å²) < 4.78 is 6.64. The minimum atomic E-state index is -1.02. The van der Waals surface area contributed by atoms with E-state index in [2.05, 4.69) is 20.7 Å². The van der Waals surface area contributed by atoms with Gasteiger partial charge in [-0.2, -0.15) is 5.10 Å². The highest BCUT2D eigenvalue weighted by Gasteiger charge is 2.25. The minimum Gasteiger partial charge on any atom is -0.464 e. The molecule has 0 bridgehead atoms. The number of nitrogens with zero attached hydrogens (tertiary/aromatic N) is 4. The fraction of sp³-hybridized carbons (Fsp3) is 0.120. The number of rotatable bonds is 6. The molecule has 0 aliphatic rings. The molecule has 0 aliphatic heterocycles. The number of aliphatic hydroxyl groups excluding tert-OH is 1. The lowest BCUT2D eigenvalue weighted by molar-refractivity contribution is -0.132. The smallest absolute Gasteiger partial charge is 0.365 e. The molecule has 4 rings (SSSR count). The first-order valence-corrected chi connectivity index (χ1v) is 11.3. The Bertz CT molecular complexity index is 1290. The predicted octanol–water partition coefficient (Wildman–Crippen LogP) is 4.35. The van der Waals surface area contributed by atoms with Crippen molar-refractivity contribution in [3.8, 4) is 5.69 Å². The van der Waals surface area contributed by atoms with Crippen molar-refractivity contribution in [1.82, 2.24) is 14.8 Å². The topological polar surface area (TPSA) is 102 Å². The third-order valence-electron chi connectivity index (χ3n) is 5.00. The fourth-order valence-electron chi connectivity index (χ4n) is 3.22. The van der Waals surface area contributed by atoms with Gasteiger partial charge < -0.3 is 9.84 Å². The number of aromatic nitrogens is 3. The molecule has 34 heavy (non-hydrogen) atoms. The van der Waals surface area contributed by atoms with Crippen molar-refractivity contribution in [2.24, 2.45) is 5.10 Å². The second kappa shape index (κ2) is 10.8. The number of esters is 1. The SMILES string of the molecule is COC(=O)/C(=N\Nc1ccccc1C)Sc1nnc(C(O)c2ccccc2)n1-c1ccccc1. The maximum absolute atomic E-state index is 12.5. The highest BCUT2D eigenvalue weighted by Crippen LogP contribution is 2.29. The molecule has 0 radical (unpaired) electrons. The number of carbonyl (C=O) groups excluding carboxylic acids is 1. The molecular formula is C25H23N5O3S. The molecule has 0 saturated heterocycles. The number of carbonyl (C=O) groups is 1. The van der Waals surface area contributed by atoms with Gasteiger partial charge in [-0.3, -0.25) is 9.99 Å². The van der Waals surface area contributed by atoms with Crippen LogP contribution in [0, 0.1) is 6.92 Å². The Morgan fingerprint density at radius 2 is 1.65 bits per heavy atom. The molecule has 1 unspecified atom stereocenters. The van der Waals surface area contributed by atoms with Crippen LogP contribution >= 0.6 is 11.8 Å². The average molecular weight is 474 g/mol. The van der Waals surface area contributed by atoms with Crippen molar-refractivity contribution in [3.63, 3.8) is 0 Å². The van der Waals surface area contributed by atoms with Crippen molar-refractivity contribution >= 4 is 28.5 Å². The molecule has 3 aromatic carbocycles. The number of thioether (sulfide) groups is 1. The first-order chi connectivity index (χ1) is 16.6. The second-order valence-electron chi connectivity index (χ2n) is 7.26. The van der Waals surface area contributed by atoms with Crippen molar-refractivity contribution < 1.29 is 14.6 Å². The number of methoxy groups -OCH3 is 1. The van der Waals surface area contributed by atoms with Gasteiger partial charge in [-0.25, -0.2) is 4.79 Å². The molecule has 2 N–H and O–H groups in total. The molecule has 9 heteroatoms. The Hall–Kier alpha value is -3.95. The zero-order valence-corrected chi connectivity index (χ0v) is 19.4. The van der Waals surface area contributed by atoms with E-state index in [4.69, 9.17) is 4.74 Å². The molecule has 0 amide bonds. The number of para-hydroxylation sites is 2. The lowest BCUT2D eigenvalue weighted by atomic mass is 10.1. The standard InChI is InChI=1S/C25H23N5O3S/c1-17-11-9-10-16-20(17)26-28-23(24(32)33-2)34-25-29-27-22(21(31)18-12-5-3-6-13-18)30(25)19-14-7-4-8-15-19/h3-16,21,26,31H,1-2H3/b28-23+. The summed E-state index contributed by atoms with van der Waals surface area (Å²) in [6.45, 7) is 1.94. The lowest BCUT2D eigenvalue weighted by Crippen LogP contribution is -2.16. The summed E-state index contributed by atoms with van der Waals surface area (Å²) in [6, 6.07) is 26.2. The van der Waals surface area contributed by atoms with E-state index in [0.29, 0.717) is 16.5 Å². The molecule has 172 valence electrons. The zero-order valence-electron chi connectivity index (χ0n) is 18.6. The summed E-state index contributed by atoms with van der Waals surface area (Å²) in [6.07, 6.45) is -1.02. The molecule has 4 aromatic rings. The summed E-state index contributed by atoms with van der Waals surface area (Å²) in [5, 5.41) is 24.2. The van der Waals surface area contributed by atoms with Crippen LogP contribution in [0.25, 0.3) is 5.69 Å². The van der Waals surface area contributed by atoms with Gasteiger partial charge >= 0.3 is 5.97 Å². The number of anilines is 1. The maximum Gasteiger partial charge on any atom is 0.365 e. The van der Waals surface area contributed by atoms with Crippen molar-refractivity contribution in [3.05, 3.63) is 102 Å². The molecule has 1 heterocycles. The first kappa shape index (κ1) is 23.2. The van der Waals surface area contributed by atoms with Crippen LogP contribution in [-0.2, 0) is 9.53 Å². The summed E-state index contributed by atoms with van der Waals surface area (Å²) in [4.78, 5) is 12.5. The van der Waals surface area contributed by atoms with Gasteiger partial charge in [-0.1, -0.05) is 66.7 Å². The van der Waals surface area contributed by atoms with Crippen LogP contribution in [-0.4, -0.2) is 38.0 Å². The van der Waals surface area contributed by atoms with Gasteiger partial charge in [0, 0.05) is 5.69 Å². The van der Waals surface area contributed by atoms with Gasteiger partial charge in [0.1, 0.15) is 6.10 Å². The minimum absolute atomic E-state index is 0.0380. The van der Waals surface area contributed by atoms with Crippen LogP contribution in [0.1, 0.15) is 23.1 Å². The van der Waals surface area contributed by atoms with E-state index in [1.807, 2.05) is 91.9 Å². The Morgan fingerprint density at radius 3 is 2.32 bits per heavy atom. The highest BCUT2D eigenvalue weighted by molar-refractivity contribution is 8.15. The first-order valence-electron chi connectivity index (χ1n) is 10.5. The monoisotopic (exact) mass is 473 g/mol. The number of aryl methyl sites for hydroxylation is 1. The normalized spacial score (nSPS) is 12.3. The largest absolute Gasteiger partial charge is 0.464 e. The van der Waals surface area contributed by atoms with Gasteiger partial charge in [-0.15, -0.1) is 10.2 Å². The average Bonchev–Trinajstić information content (AvgIpc) is 3.31. The van der Waals surface area contributed by atoms with E-state index < -0.39 is 12.1 Å². The second-order valence-corrected chi connectivity index (χ2v) is 8.22. The molecule has 1 aromatic heterocycles. The third-order valence-corrected chi connectivity index (χ3v) is 5.90. The van der Waals surface area contributed by atoms with Crippen LogP contribution in [0.15, 0.2) is 95.2 Å². The quantitative estimate of drug-likeness (QED) is 0.141. The van der Waals surface area contributed by atoms with Crippen molar-refractivity contribution in [2.75, 3.05) is 12.5 Å². The van der Waals surface area contributed by atoms with Crippen LogP contribution in [0.2, 0.25) is 0 Å². The Balaban J connectivity index is 1.73. The predicted molar refractivity (Wildman–Crippen MR) is 132 cm³/mol. The van der Waals surface area contributed by atoms with Crippen LogP contribution in [0.4, 0.5) is 5.69 Å². The number of hydrogen-bond donors (Lipinski definition) is 2. The third kappa shape index (κ3) is 5.16. The van der Waals surface area contributed by atoms with Gasteiger partial charge in [0.15, 0.2) is 5.82 Å². The van der Waals surface area contributed by atoms with Gasteiger partial charge in [-0.05, 0) is 48.0 Å². The summed E-state index contributed by atoms with van der Waals surface area (Å²) in [5.41, 5.74) is 6.06. The van der Waals surface area contributed by atoms with E-state index in [1.165, 1.54) is 7.11 Å². The Labute approximate surface area is 201 Å². The van der Waals surface area contributed by atoms with Gasteiger partial charge in [0.25, 0.3) is 0 Å². The number of hydrazone groups is 1. The maximum atomic E-state index is 12.5. The molecular weight excluding hydrogens is 450 g/mol. The summed E-state index contributed by atoms with van der Waals surface area (Å²) in [7, 11) is 1.29. The molecule has 1 atom stereocenters. The van der Waals surface area contributed by atoms with Gasteiger partial charge in [0.2, 0.25) is 10.2 Å². The number of aliphatic hydroxyl groups is 1.